The lowest BCUT2D eigenvalue weighted by atomic mass is 9.90. The van der Waals surface area contributed by atoms with Crippen molar-refractivity contribution in [2.45, 2.75) is 45.1 Å². The summed E-state index contributed by atoms with van der Waals surface area (Å²) in [5.74, 6) is -0.185. The second-order valence-electron chi connectivity index (χ2n) is 9.22. The highest BCUT2D eigenvalue weighted by molar-refractivity contribution is 7.88. The van der Waals surface area contributed by atoms with Crippen LogP contribution in [0.4, 0.5) is 19.0 Å². The molecule has 3 aromatic heterocycles. The molecular weight excluding hydrogens is 509 g/mol. The van der Waals surface area contributed by atoms with Crippen molar-refractivity contribution < 1.29 is 21.6 Å². The van der Waals surface area contributed by atoms with Crippen LogP contribution in [0.3, 0.4) is 0 Å². The largest absolute Gasteiger partial charge is 0.363 e. The first-order chi connectivity index (χ1) is 17.5. The van der Waals surface area contributed by atoms with Crippen LogP contribution < -0.4 is 5.32 Å². The molecule has 0 saturated carbocycles. The SMILES string of the molecule is Cc1nc(N[C@H](C)c2cccc(C(F)F)c2F)c2cc(C3CCN(S(C)(=O)=O)CC3)c3nnnn3c2n1. The molecule has 4 heterocycles. The van der Waals surface area contributed by atoms with E-state index >= 15 is 0 Å². The monoisotopic (exact) mass is 534 g/mol. The lowest BCUT2D eigenvalue weighted by molar-refractivity contribution is 0.146. The molecule has 0 spiro atoms. The predicted molar refractivity (Wildman–Crippen MR) is 130 cm³/mol. The van der Waals surface area contributed by atoms with Gasteiger partial charge in [-0.25, -0.2) is 35.9 Å². The van der Waals surface area contributed by atoms with Gasteiger partial charge in [-0.2, -0.15) is 4.52 Å². The van der Waals surface area contributed by atoms with Crippen LogP contribution in [0.2, 0.25) is 0 Å². The third-order valence-corrected chi connectivity index (χ3v) is 8.04. The summed E-state index contributed by atoms with van der Waals surface area (Å²) in [7, 11) is -3.28. The Morgan fingerprint density at radius 1 is 1.11 bits per heavy atom. The Morgan fingerprint density at radius 2 is 1.81 bits per heavy atom. The third-order valence-electron chi connectivity index (χ3n) is 6.74. The number of aryl methyl sites for hydroxylation is 1. The number of sulfonamides is 1. The van der Waals surface area contributed by atoms with E-state index in [1.54, 1.807) is 13.8 Å². The molecule has 1 fully saturated rings. The molecule has 14 heteroatoms. The normalized spacial score (nSPS) is 16.6. The quantitative estimate of drug-likeness (QED) is 0.397. The van der Waals surface area contributed by atoms with Crippen LogP contribution in [0, 0.1) is 12.7 Å². The summed E-state index contributed by atoms with van der Waals surface area (Å²) < 4.78 is 68.2. The summed E-state index contributed by atoms with van der Waals surface area (Å²) in [6.07, 6.45) is -0.570. The minimum atomic E-state index is -3.28. The van der Waals surface area contributed by atoms with Gasteiger partial charge in [-0.05, 0) is 49.1 Å². The van der Waals surface area contributed by atoms with E-state index in [1.165, 1.54) is 27.2 Å². The van der Waals surface area contributed by atoms with Gasteiger partial charge < -0.3 is 5.32 Å². The van der Waals surface area contributed by atoms with Gasteiger partial charge in [-0.3, -0.25) is 0 Å². The second kappa shape index (κ2) is 9.49. The Bertz CT molecular complexity index is 1590. The lowest BCUT2D eigenvalue weighted by Gasteiger charge is -2.30. The zero-order chi connectivity index (χ0) is 26.5. The van der Waals surface area contributed by atoms with Crippen molar-refractivity contribution in [3.05, 3.63) is 52.6 Å². The molecule has 10 nitrogen and oxygen atoms in total. The van der Waals surface area contributed by atoms with Crippen LogP contribution in [0.15, 0.2) is 24.3 Å². The zero-order valence-electron chi connectivity index (χ0n) is 20.4. The Hall–Kier alpha value is -3.39. The van der Waals surface area contributed by atoms with Crippen molar-refractivity contribution in [2.75, 3.05) is 24.7 Å². The van der Waals surface area contributed by atoms with E-state index in [0.717, 1.165) is 11.6 Å². The first-order valence-electron chi connectivity index (χ1n) is 11.7. The summed E-state index contributed by atoms with van der Waals surface area (Å²) in [5, 5.41) is 15.8. The van der Waals surface area contributed by atoms with Gasteiger partial charge in [0.05, 0.1) is 23.2 Å². The Labute approximate surface area is 211 Å². The highest BCUT2D eigenvalue weighted by Gasteiger charge is 2.29. The molecule has 4 aromatic rings. The molecule has 0 radical (unpaired) electrons. The van der Waals surface area contributed by atoms with E-state index in [2.05, 4.69) is 30.8 Å². The molecule has 1 atom stereocenters. The number of pyridine rings is 1. The van der Waals surface area contributed by atoms with Crippen molar-refractivity contribution >= 4 is 32.5 Å². The predicted octanol–water partition coefficient (Wildman–Crippen LogP) is 3.76. The van der Waals surface area contributed by atoms with Gasteiger partial charge in [0.15, 0.2) is 11.3 Å². The van der Waals surface area contributed by atoms with Gasteiger partial charge in [0.2, 0.25) is 10.0 Å². The molecule has 0 bridgehead atoms. The molecule has 1 aromatic carbocycles. The maximum absolute atomic E-state index is 14.8. The number of piperidine rings is 1. The van der Waals surface area contributed by atoms with Crippen molar-refractivity contribution in [1.82, 2.24) is 34.3 Å². The molecule has 196 valence electrons. The van der Waals surface area contributed by atoms with Gasteiger partial charge in [0.1, 0.15) is 17.5 Å². The second-order valence-corrected chi connectivity index (χ2v) is 11.2. The average molecular weight is 535 g/mol. The number of rotatable bonds is 6. The standard InChI is InChI=1S/C23H25F3N8O2S/c1-12(15-5-4-6-16(19(15)24)20(25)26)27-21-18-11-17(14-7-9-33(10-8-14)37(3,35)36)23-30-31-32-34(23)22(18)29-13(2)28-21/h4-6,11-12,14,20H,7-10H2,1-3H3,(H,27,28,29)/t12-/m1/s1. The summed E-state index contributed by atoms with van der Waals surface area (Å²) in [6, 6.07) is 5.10. The number of halogens is 3. The number of aromatic nitrogens is 6. The first-order valence-corrected chi connectivity index (χ1v) is 13.6. The van der Waals surface area contributed by atoms with Crippen LogP contribution >= 0.6 is 0 Å². The lowest BCUT2D eigenvalue weighted by Crippen LogP contribution is -2.37. The van der Waals surface area contributed by atoms with Crippen LogP contribution in [0.1, 0.15) is 60.7 Å². The van der Waals surface area contributed by atoms with Gasteiger partial charge >= 0.3 is 0 Å². The molecule has 1 saturated heterocycles. The number of nitrogens with one attached hydrogen (secondary N) is 1. The Balaban J connectivity index is 1.57. The summed E-state index contributed by atoms with van der Waals surface area (Å²) in [4.78, 5) is 9.02. The number of benzene rings is 1. The molecule has 0 unspecified atom stereocenters. The molecule has 0 aliphatic carbocycles. The van der Waals surface area contributed by atoms with Crippen molar-refractivity contribution in [3.8, 4) is 0 Å². The van der Waals surface area contributed by atoms with Gasteiger partial charge in [0.25, 0.3) is 6.43 Å². The van der Waals surface area contributed by atoms with E-state index in [0.29, 0.717) is 54.3 Å². The average Bonchev–Trinajstić information content (AvgIpc) is 3.33. The zero-order valence-corrected chi connectivity index (χ0v) is 21.2. The van der Waals surface area contributed by atoms with Crippen molar-refractivity contribution in [1.29, 1.82) is 0 Å². The number of hydrogen-bond donors (Lipinski definition) is 1. The van der Waals surface area contributed by atoms with E-state index in [-0.39, 0.29) is 11.5 Å². The number of hydrogen-bond acceptors (Lipinski definition) is 8. The Morgan fingerprint density at radius 3 is 2.49 bits per heavy atom. The fourth-order valence-corrected chi connectivity index (χ4v) is 5.73. The first kappa shape index (κ1) is 25.3. The third kappa shape index (κ3) is 4.70. The highest BCUT2D eigenvalue weighted by Crippen LogP contribution is 2.35. The van der Waals surface area contributed by atoms with Crippen molar-refractivity contribution in [3.63, 3.8) is 0 Å². The molecule has 1 N–H and O–H groups in total. The smallest absolute Gasteiger partial charge is 0.266 e. The maximum atomic E-state index is 14.8. The Kier molecular flexibility index (Phi) is 6.48. The van der Waals surface area contributed by atoms with E-state index in [9.17, 15) is 21.6 Å². The van der Waals surface area contributed by atoms with Gasteiger partial charge in [-0.1, -0.05) is 18.2 Å². The van der Waals surface area contributed by atoms with Crippen LogP contribution in [-0.2, 0) is 10.0 Å². The number of fused-ring (bicyclic) bond motifs is 3. The fraction of sp³-hybridized carbons (Fsp3) is 0.435. The molecule has 37 heavy (non-hydrogen) atoms. The van der Waals surface area contributed by atoms with Crippen LogP contribution in [0.25, 0.3) is 16.7 Å². The minimum Gasteiger partial charge on any atom is -0.363 e. The number of alkyl halides is 2. The van der Waals surface area contributed by atoms with E-state index in [1.807, 2.05) is 6.07 Å². The van der Waals surface area contributed by atoms with Crippen molar-refractivity contribution in [2.24, 2.45) is 0 Å². The van der Waals surface area contributed by atoms with E-state index in [4.69, 9.17) is 0 Å². The van der Waals surface area contributed by atoms with Gasteiger partial charge in [0, 0.05) is 24.2 Å². The van der Waals surface area contributed by atoms with Crippen LogP contribution in [0.5, 0.6) is 0 Å². The number of tetrazole rings is 1. The number of nitrogens with zero attached hydrogens (tertiary/aromatic N) is 7. The van der Waals surface area contributed by atoms with Gasteiger partial charge in [-0.15, -0.1) is 5.10 Å². The minimum absolute atomic E-state index is 0.0114. The fourth-order valence-electron chi connectivity index (χ4n) is 4.85. The summed E-state index contributed by atoms with van der Waals surface area (Å²) in [5.41, 5.74) is 1.19. The molecule has 5 rings (SSSR count). The summed E-state index contributed by atoms with van der Waals surface area (Å²) in [6.45, 7) is 4.11. The molecule has 1 aliphatic heterocycles. The molecule has 1 aliphatic rings. The highest BCUT2D eigenvalue weighted by atomic mass is 32.2. The molecular formula is C23H25F3N8O2S. The van der Waals surface area contributed by atoms with Crippen LogP contribution in [-0.4, -0.2) is 62.1 Å². The molecule has 0 amide bonds. The topological polar surface area (TPSA) is 118 Å². The summed E-state index contributed by atoms with van der Waals surface area (Å²) >= 11 is 0. The van der Waals surface area contributed by atoms with E-state index < -0.39 is 33.9 Å². The number of anilines is 1. The maximum Gasteiger partial charge on any atom is 0.266 e.